The van der Waals surface area contributed by atoms with Crippen molar-refractivity contribution in [3.05, 3.63) is 72.0 Å². The van der Waals surface area contributed by atoms with Crippen molar-refractivity contribution in [1.29, 1.82) is 0 Å². The van der Waals surface area contributed by atoms with Gasteiger partial charge in [0.05, 0.1) is 0 Å². The van der Waals surface area contributed by atoms with Gasteiger partial charge in [-0.3, -0.25) is 0 Å². The van der Waals surface area contributed by atoms with Crippen LogP contribution in [-0.4, -0.2) is 0 Å². The third-order valence-electron chi connectivity index (χ3n) is 4.78. The van der Waals surface area contributed by atoms with Crippen molar-refractivity contribution in [1.82, 2.24) is 0 Å². The van der Waals surface area contributed by atoms with Crippen molar-refractivity contribution in [3.63, 3.8) is 0 Å². The van der Waals surface area contributed by atoms with Gasteiger partial charge in [0, 0.05) is 17.0 Å². The molecule has 0 N–H and O–H groups in total. The maximum absolute atomic E-state index is 5.68. The van der Waals surface area contributed by atoms with Gasteiger partial charge in [0.25, 0.3) is 0 Å². The van der Waals surface area contributed by atoms with Crippen LogP contribution in [0, 0.1) is 24.7 Å². The summed E-state index contributed by atoms with van der Waals surface area (Å²) in [5, 5.41) is 8.12. The summed E-state index contributed by atoms with van der Waals surface area (Å²) in [5.74, 6) is 5.83. The van der Waals surface area contributed by atoms with E-state index in [9.17, 15) is 0 Å². The number of hydrogen-bond donors (Lipinski definition) is 0. The minimum Gasteiger partial charge on any atom is -0.448 e. The summed E-state index contributed by atoms with van der Waals surface area (Å²) < 4.78 is 5.68. The Morgan fingerprint density at radius 2 is 1.40 bits per heavy atom. The SMILES string of the molecule is C#Cc1ccc2cc3c(ccc4c5cc(C#C)oc5ccc34)cc2c1. The number of benzene rings is 4. The van der Waals surface area contributed by atoms with Crippen LogP contribution < -0.4 is 0 Å². The molecule has 114 valence electrons. The molecule has 0 atom stereocenters. The molecule has 0 amide bonds. The second kappa shape index (κ2) is 4.91. The number of rotatable bonds is 0. The number of fused-ring (bicyclic) bond motifs is 6. The van der Waals surface area contributed by atoms with Gasteiger partial charge in [0.2, 0.25) is 0 Å². The Labute approximate surface area is 144 Å². The predicted molar refractivity (Wildman–Crippen MR) is 105 cm³/mol. The first-order valence-corrected chi connectivity index (χ1v) is 8.03. The van der Waals surface area contributed by atoms with Crippen LogP contribution in [0.5, 0.6) is 0 Å². The smallest absolute Gasteiger partial charge is 0.177 e. The highest BCUT2D eigenvalue weighted by Crippen LogP contribution is 2.34. The molecule has 1 aromatic heterocycles. The van der Waals surface area contributed by atoms with Gasteiger partial charge in [0.1, 0.15) is 5.58 Å². The van der Waals surface area contributed by atoms with E-state index in [1.807, 2.05) is 18.2 Å². The molecule has 0 aliphatic rings. The molecule has 0 radical (unpaired) electrons. The molecule has 4 aromatic carbocycles. The van der Waals surface area contributed by atoms with E-state index in [-0.39, 0.29) is 0 Å². The van der Waals surface area contributed by atoms with Crippen molar-refractivity contribution in [2.45, 2.75) is 0 Å². The fourth-order valence-corrected chi connectivity index (χ4v) is 3.57. The summed E-state index contributed by atoms with van der Waals surface area (Å²) in [5.41, 5.74) is 1.72. The molecule has 0 bridgehead atoms. The quantitative estimate of drug-likeness (QED) is 0.198. The molecule has 0 saturated carbocycles. The lowest BCUT2D eigenvalue weighted by molar-refractivity contribution is 0.601. The minimum absolute atomic E-state index is 0.558. The van der Waals surface area contributed by atoms with Crippen LogP contribution in [0.4, 0.5) is 0 Å². The van der Waals surface area contributed by atoms with E-state index in [0.717, 1.165) is 27.3 Å². The Bertz CT molecular complexity index is 1400. The Balaban J connectivity index is 1.92. The van der Waals surface area contributed by atoms with Gasteiger partial charge in [-0.05, 0) is 68.6 Å². The second-order valence-corrected chi connectivity index (χ2v) is 6.17. The molecule has 1 heteroatoms. The van der Waals surface area contributed by atoms with E-state index >= 15 is 0 Å². The zero-order valence-corrected chi connectivity index (χ0v) is 13.3. The van der Waals surface area contributed by atoms with Gasteiger partial charge in [-0.25, -0.2) is 0 Å². The molecule has 5 aromatic rings. The van der Waals surface area contributed by atoms with Crippen LogP contribution in [0.2, 0.25) is 0 Å². The number of terminal acetylenes is 2. The van der Waals surface area contributed by atoms with Crippen LogP contribution in [0.25, 0.3) is 43.3 Å². The summed E-state index contributed by atoms with van der Waals surface area (Å²) in [6.07, 6.45) is 11.0. The first kappa shape index (κ1) is 13.7. The molecule has 25 heavy (non-hydrogen) atoms. The molecule has 0 unspecified atom stereocenters. The molecular weight excluding hydrogens is 304 g/mol. The van der Waals surface area contributed by atoms with E-state index in [0.29, 0.717) is 5.76 Å². The van der Waals surface area contributed by atoms with Crippen LogP contribution in [-0.2, 0) is 0 Å². The predicted octanol–water partition coefficient (Wildman–Crippen LogP) is 5.86. The van der Waals surface area contributed by atoms with Gasteiger partial charge in [-0.2, -0.15) is 0 Å². The topological polar surface area (TPSA) is 13.1 Å². The van der Waals surface area contributed by atoms with Gasteiger partial charge < -0.3 is 4.42 Å². The van der Waals surface area contributed by atoms with E-state index in [1.165, 1.54) is 21.5 Å². The van der Waals surface area contributed by atoms with Gasteiger partial charge >= 0.3 is 0 Å². The summed E-state index contributed by atoms with van der Waals surface area (Å²) in [6, 6.07) is 20.8. The molecule has 0 fully saturated rings. The van der Waals surface area contributed by atoms with E-state index in [1.54, 1.807) is 0 Å². The van der Waals surface area contributed by atoms with Gasteiger partial charge in [0.15, 0.2) is 5.76 Å². The fraction of sp³-hybridized carbons (Fsp3) is 0. The summed E-state index contributed by atoms with van der Waals surface area (Å²) in [7, 11) is 0. The molecule has 0 aliphatic carbocycles. The minimum atomic E-state index is 0.558. The molecule has 0 aliphatic heterocycles. The summed E-state index contributed by atoms with van der Waals surface area (Å²) in [6.45, 7) is 0. The molecule has 0 spiro atoms. The van der Waals surface area contributed by atoms with Crippen molar-refractivity contribution in [2.24, 2.45) is 0 Å². The Morgan fingerprint density at radius 1 is 0.600 bits per heavy atom. The molecular formula is C24H12O. The highest BCUT2D eigenvalue weighted by atomic mass is 16.3. The lowest BCUT2D eigenvalue weighted by Crippen LogP contribution is -1.82. The third kappa shape index (κ3) is 1.94. The zero-order valence-electron chi connectivity index (χ0n) is 13.3. The Kier molecular flexibility index (Phi) is 2.69. The molecule has 1 nitrogen and oxygen atoms in total. The lowest BCUT2D eigenvalue weighted by Gasteiger charge is -2.07. The Hall–Kier alpha value is -3.68. The van der Waals surface area contributed by atoms with Gasteiger partial charge in [-0.15, -0.1) is 12.8 Å². The van der Waals surface area contributed by atoms with E-state index < -0.39 is 0 Å². The largest absolute Gasteiger partial charge is 0.448 e. The van der Waals surface area contributed by atoms with Crippen molar-refractivity contribution >= 4 is 43.3 Å². The normalized spacial score (nSPS) is 11.1. The van der Waals surface area contributed by atoms with E-state index in [2.05, 4.69) is 54.3 Å². The highest BCUT2D eigenvalue weighted by molar-refractivity contribution is 6.18. The standard InChI is InChI=1S/C24H12O/c1-3-15-5-6-16-13-22-17(12-18(16)11-15)7-8-21-20(22)9-10-24-23(21)14-19(4-2)25-24/h1-2,5-14H. The fourth-order valence-electron chi connectivity index (χ4n) is 3.57. The first-order valence-electron chi connectivity index (χ1n) is 8.03. The number of hydrogen-bond acceptors (Lipinski definition) is 1. The third-order valence-corrected chi connectivity index (χ3v) is 4.78. The maximum Gasteiger partial charge on any atom is 0.177 e. The summed E-state index contributed by atoms with van der Waals surface area (Å²) >= 11 is 0. The van der Waals surface area contributed by atoms with Crippen molar-refractivity contribution in [2.75, 3.05) is 0 Å². The number of furan rings is 1. The summed E-state index contributed by atoms with van der Waals surface area (Å²) in [4.78, 5) is 0. The van der Waals surface area contributed by atoms with E-state index in [4.69, 9.17) is 17.3 Å². The average molecular weight is 316 g/mol. The first-order chi connectivity index (χ1) is 12.3. The van der Waals surface area contributed by atoms with Gasteiger partial charge in [-0.1, -0.05) is 30.2 Å². The zero-order chi connectivity index (χ0) is 17.0. The average Bonchev–Trinajstić information content (AvgIpc) is 3.09. The highest BCUT2D eigenvalue weighted by Gasteiger charge is 2.09. The van der Waals surface area contributed by atoms with Crippen molar-refractivity contribution in [3.8, 4) is 24.7 Å². The van der Waals surface area contributed by atoms with Crippen LogP contribution in [0.15, 0.2) is 65.1 Å². The van der Waals surface area contributed by atoms with Crippen LogP contribution in [0.1, 0.15) is 11.3 Å². The molecule has 0 saturated heterocycles. The maximum atomic E-state index is 5.68. The van der Waals surface area contributed by atoms with Crippen molar-refractivity contribution < 1.29 is 4.42 Å². The Morgan fingerprint density at radius 3 is 2.24 bits per heavy atom. The molecule has 1 heterocycles. The van der Waals surface area contributed by atoms with Crippen LogP contribution in [0.3, 0.4) is 0 Å². The monoisotopic (exact) mass is 316 g/mol. The lowest BCUT2D eigenvalue weighted by atomic mass is 9.96. The molecule has 5 rings (SSSR count). The van der Waals surface area contributed by atoms with Crippen LogP contribution >= 0.6 is 0 Å². The second-order valence-electron chi connectivity index (χ2n) is 6.17.